The molecule has 0 N–H and O–H groups in total. The van der Waals surface area contributed by atoms with Crippen LogP contribution in [-0.4, -0.2) is 24.3 Å². The number of ether oxygens (including phenoxy) is 1. The van der Waals surface area contributed by atoms with Gasteiger partial charge >= 0.3 is 0 Å². The lowest BCUT2D eigenvalue weighted by atomic mass is 9.80. The van der Waals surface area contributed by atoms with Gasteiger partial charge in [-0.25, -0.2) is 4.99 Å². The smallest absolute Gasteiger partial charge is 0.278 e. The van der Waals surface area contributed by atoms with Crippen LogP contribution in [-0.2, 0) is 4.79 Å². The molecule has 0 aliphatic carbocycles. The molecule has 4 heteroatoms. The van der Waals surface area contributed by atoms with Crippen LogP contribution in [0.2, 0.25) is 0 Å². The predicted octanol–water partition coefficient (Wildman–Crippen LogP) is 4.45. The molecule has 2 aliphatic heterocycles. The number of nitrogens with zero attached hydrogens (tertiary/aromatic N) is 2. The van der Waals surface area contributed by atoms with E-state index in [2.05, 4.69) is 31.8 Å². The monoisotopic (exact) mass is 334 g/mol. The zero-order chi connectivity index (χ0) is 17.8. The molecule has 2 heterocycles. The minimum absolute atomic E-state index is 0.0229. The maximum atomic E-state index is 13.3. The molecule has 1 atom stereocenters. The van der Waals surface area contributed by atoms with Crippen molar-refractivity contribution < 1.29 is 9.53 Å². The molecule has 0 unspecified atom stereocenters. The normalized spacial score (nSPS) is 22.2. The number of anilines is 1. The van der Waals surface area contributed by atoms with Crippen LogP contribution in [0.1, 0.15) is 44.2 Å². The number of hydrogen-bond acceptors (Lipinski definition) is 3. The molecule has 4 rings (SSSR count). The van der Waals surface area contributed by atoms with E-state index in [0.29, 0.717) is 11.6 Å². The third-order valence-corrected chi connectivity index (χ3v) is 5.17. The summed E-state index contributed by atoms with van der Waals surface area (Å²) in [4.78, 5) is 19.9. The van der Waals surface area contributed by atoms with Crippen LogP contribution in [0.5, 0.6) is 5.75 Å². The van der Waals surface area contributed by atoms with Crippen molar-refractivity contribution in [2.75, 3.05) is 12.0 Å². The average Bonchev–Trinajstić information content (AvgIpc) is 2.86. The summed E-state index contributed by atoms with van der Waals surface area (Å²) in [5, 5.41) is 0. The molecule has 4 nitrogen and oxygen atoms in total. The Morgan fingerprint density at radius 3 is 2.60 bits per heavy atom. The lowest BCUT2D eigenvalue weighted by Gasteiger charge is -2.43. The van der Waals surface area contributed by atoms with Crippen molar-refractivity contribution >= 4 is 23.0 Å². The highest BCUT2D eigenvalue weighted by Crippen LogP contribution is 2.50. The summed E-state index contributed by atoms with van der Waals surface area (Å²) in [6, 6.07) is 13.6. The van der Waals surface area contributed by atoms with Crippen LogP contribution in [0.15, 0.2) is 47.5 Å². The summed E-state index contributed by atoms with van der Waals surface area (Å²) in [5.74, 6) is 1.11. The number of carbonyl (C=O) groups excluding carboxylic acids is 1. The van der Waals surface area contributed by atoms with Gasteiger partial charge in [0.1, 0.15) is 11.5 Å². The minimum atomic E-state index is -0.235. The number of para-hydroxylation sites is 1. The molecule has 0 fully saturated rings. The summed E-state index contributed by atoms with van der Waals surface area (Å²) in [6.07, 6.45) is 0.914. The minimum Gasteiger partial charge on any atom is -0.497 e. The Morgan fingerprint density at radius 2 is 1.92 bits per heavy atom. The highest BCUT2D eigenvalue weighted by Gasteiger charge is 2.48. The van der Waals surface area contributed by atoms with Crippen molar-refractivity contribution in [1.29, 1.82) is 0 Å². The Balaban J connectivity index is 1.98. The van der Waals surface area contributed by atoms with E-state index in [1.54, 1.807) is 7.11 Å². The third-order valence-electron chi connectivity index (χ3n) is 5.17. The lowest BCUT2D eigenvalue weighted by molar-refractivity contribution is -0.113. The van der Waals surface area contributed by atoms with Gasteiger partial charge in [0.2, 0.25) is 0 Å². The Labute approximate surface area is 148 Å². The van der Waals surface area contributed by atoms with E-state index in [1.807, 2.05) is 41.3 Å². The van der Waals surface area contributed by atoms with Gasteiger partial charge < -0.3 is 9.64 Å². The fourth-order valence-corrected chi connectivity index (χ4v) is 4.14. The molecule has 2 aliphatic rings. The van der Waals surface area contributed by atoms with Crippen molar-refractivity contribution in [2.45, 2.75) is 38.6 Å². The van der Waals surface area contributed by atoms with E-state index < -0.39 is 0 Å². The Bertz CT molecular complexity index is 884. The van der Waals surface area contributed by atoms with Gasteiger partial charge in [-0.3, -0.25) is 4.79 Å². The summed E-state index contributed by atoms with van der Waals surface area (Å²) in [7, 11) is 1.66. The first-order valence-electron chi connectivity index (χ1n) is 8.63. The molecule has 0 saturated carbocycles. The van der Waals surface area contributed by atoms with Crippen molar-refractivity contribution in [1.82, 2.24) is 0 Å². The number of amides is 1. The van der Waals surface area contributed by atoms with E-state index in [0.717, 1.165) is 29.1 Å². The molecule has 2 aromatic rings. The zero-order valence-electron chi connectivity index (χ0n) is 15.0. The van der Waals surface area contributed by atoms with Gasteiger partial charge in [-0.05, 0) is 56.0 Å². The van der Waals surface area contributed by atoms with Crippen LogP contribution in [0.25, 0.3) is 0 Å². The van der Waals surface area contributed by atoms with E-state index in [-0.39, 0.29) is 11.4 Å². The molecule has 25 heavy (non-hydrogen) atoms. The maximum absolute atomic E-state index is 13.3. The Morgan fingerprint density at radius 1 is 1.20 bits per heavy atom. The predicted molar refractivity (Wildman–Crippen MR) is 100 cm³/mol. The SMILES string of the molecule is COc1cc2c3c(c1)[C@H](C)CC(C)(C)N3C(=O)C2=Nc1ccccc1. The van der Waals surface area contributed by atoms with Crippen molar-refractivity contribution in [3.63, 3.8) is 0 Å². The van der Waals surface area contributed by atoms with Gasteiger partial charge in [-0.15, -0.1) is 0 Å². The fourth-order valence-electron chi connectivity index (χ4n) is 4.14. The highest BCUT2D eigenvalue weighted by molar-refractivity contribution is 6.55. The topological polar surface area (TPSA) is 41.9 Å². The molecule has 0 radical (unpaired) electrons. The van der Waals surface area contributed by atoms with E-state index in [4.69, 9.17) is 4.74 Å². The van der Waals surface area contributed by atoms with Gasteiger partial charge in [0, 0.05) is 11.1 Å². The van der Waals surface area contributed by atoms with Crippen LogP contribution >= 0.6 is 0 Å². The molecule has 0 spiro atoms. The molecule has 0 saturated heterocycles. The van der Waals surface area contributed by atoms with Gasteiger partial charge in [0.25, 0.3) is 5.91 Å². The number of hydrogen-bond donors (Lipinski definition) is 0. The third kappa shape index (κ3) is 2.36. The van der Waals surface area contributed by atoms with Crippen molar-refractivity contribution in [3.8, 4) is 5.75 Å². The summed E-state index contributed by atoms with van der Waals surface area (Å²) >= 11 is 0. The highest BCUT2D eigenvalue weighted by atomic mass is 16.5. The van der Waals surface area contributed by atoms with Crippen molar-refractivity contribution in [2.24, 2.45) is 4.99 Å². The number of methoxy groups -OCH3 is 1. The number of benzene rings is 2. The molecule has 0 aromatic heterocycles. The summed E-state index contributed by atoms with van der Waals surface area (Å²) < 4.78 is 5.49. The molecule has 1 amide bonds. The van der Waals surface area contributed by atoms with E-state index in [1.165, 1.54) is 5.56 Å². The maximum Gasteiger partial charge on any atom is 0.278 e. The fraction of sp³-hybridized carbons (Fsp3) is 0.333. The van der Waals surface area contributed by atoms with Gasteiger partial charge in [0.15, 0.2) is 0 Å². The first-order valence-corrected chi connectivity index (χ1v) is 8.63. The van der Waals surface area contributed by atoms with Crippen molar-refractivity contribution in [3.05, 3.63) is 53.6 Å². The van der Waals surface area contributed by atoms with Gasteiger partial charge in [0.05, 0.1) is 18.5 Å². The van der Waals surface area contributed by atoms with E-state index >= 15 is 0 Å². The van der Waals surface area contributed by atoms with Crippen LogP contribution < -0.4 is 9.64 Å². The van der Waals surface area contributed by atoms with E-state index in [9.17, 15) is 4.79 Å². The standard InChI is InChI=1S/C21H22N2O2/c1-13-12-21(2,3)23-19-16(13)10-15(25-4)11-17(19)18(20(23)24)22-14-8-6-5-7-9-14/h5-11,13H,12H2,1-4H3/t13-/m1/s1. The number of carbonyl (C=O) groups is 1. The quantitative estimate of drug-likeness (QED) is 0.814. The summed E-state index contributed by atoms with van der Waals surface area (Å²) in [6.45, 7) is 6.47. The van der Waals surface area contributed by atoms with Crippen LogP contribution in [0.3, 0.4) is 0 Å². The lowest BCUT2D eigenvalue weighted by Crippen LogP contribution is -2.50. The second-order valence-electron chi connectivity index (χ2n) is 7.47. The molecule has 128 valence electrons. The van der Waals surface area contributed by atoms with Gasteiger partial charge in [-0.1, -0.05) is 25.1 Å². The first kappa shape index (κ1) is 15.9. The first-order chi connectivity index (χ1) is 11.9. The Kier molecular flexibility index (Phi) is 3.46. The number of aliphatic imine (C=N–C) groups is 1. The number of rotatable bonds is 2. The Hall–Kier alpha value is -2.62. The second kappa shape index (κ2) is 5.45. The second-order valence-corrected chi connectivity index (χ2v) is 7.47. The van der Waals surface area contributed by atoms with Crippen LogP contribution in [0, 0.1) is 0 Å². The molecular formula is C21H22N2O2. The summed E-state index contributed by atoms with van der Waals surface area (Å²) in [5.41, 5.74) is 4.10. The molecule has 2 aromatic carbocycles. The largest absolute Gasteiger partial charge is 0.497 e. The molecular weight excluding hydrogens is 312 g/mol. The zero-order valence-corrected chi connectivity index (χ0v) is 15.0. The van der Waals surface area contributed by atoms with Crippen LogP contribution in [0.4, 0.5) is 11.4 Å². The van der Waals surface area contributed by atoms with Gasteiger partial charge in [-0.2, -0.15) is 0 Å². The molecule has 0 bridgehead atoms. The average molecular weight is 334 g/mol.